The van der Waals surface area contributed by atoms with Gasteiger partial charge >= 0.3 is 0 Å². The predicted octanol–water partition coefficient (Wildman–Crippen LogP) is 1.90. The van der Waals surface area contributed by atoms with Gasteiger partial charge in [0.05, 0.1) is 0 Å². The minimum atomic E-state index is 0.0958. The molecule has 0 bridgehead atoms. The molecule has 0 saturated carbocycles. The van der Waals surface area contributed by atoms with Crippen molar-refractivity contribution in [3.63, 3.8) is 0 Å². The highest BCUT2D eigenvalue weighted by Gasteiger charge is 2.02. The van der Waals surface area contributed by atoms with Crippen LogP contribution < -0.4 is 11.3 Å². The molecule has 13 heavy (non-hydrogen) atoms. The third-order valence-electron chi connectivity index (χ3n) is 1.84. The van der Waals surface area contributed by atoms with Crippen LogP contribution in [0.2, 0.25) is 5.02 Å². The Labute approximate surface area is 83.4 Å². The Bertz CT molecular complexity index is 286. The average molecular weight is 197 g/mol. The van der Waals surface area contributed by atoms with E-state index in [2.05, 4.69) is 12.0 Å². The molecule has 0 fully saturated rings. The summed E-state index contributed by atoms with van der Waals surface area (Å²) in [6.07, 6.45) is 2.58. The van der Waals surface area contributed by atoms with Crippen LogP contribution in [0.15, 0.2) is 36.9 Å². The van der Waals surface area contributed by atoms with Gasteiger partial charge < -0.3 is 0 Å². The van der Waals surface area contributed by atoms with Gasteiger partial charge in [-0.3, -0.25) is 11.3 Å². The maximum Gasteiger partial charge on any atom is 0.0428 e. The number of rotatable bonds is 4. The Hall–Kier alpha value is -0.830. The molecule has 70 valence electrons. The van der Waals surface area contributed by atoms with E-state index in [0.717, 1.165) is 17.0 Å². The van der Waals surface area contributed by atoms with Gasteiger partial charge in [0.25, 0.3) is 0 Å². The summed E-state index contributed by atoms with van der Waals surface area (Å²) in [5.74, 6) is 5.31. The van der Waals surface area contributed by atoms with Gasteiger partial charge in [-0.05, 0) is 24.1 Å². The Morgan fingerprint density at radius 3 is 2.92 bits per heavy atom. The molecule has 1 aromatic carbocycles. The quantitative estimate of drug-likeness (QED) is 0.439. The fourth-order valence-corrected chi connectivity index (χ4v) is 1.34. The minimum absolute atomic E-state index is 0.0958. The van der Waals surface area contributed by atoms with Crippen LogP contribution in [0.25, 0.3) is 0 Å². The van der Waals surface area contributed by atoms with Crippen LogP contribution in [0.4, 0.5) is 0 Å². The van der Waals surface area contributed by atoms with E-state index in [-0.39, 0.29) is 6.04 Å². The largest absolute Gasteiger partial charge is 0.271 e. The zero-order valence-corrected chi connectivity index (χ0v) is 8.09. The second-order valence-electron chi connectivity index (χ2n) is 2.84. The molecule has 1 atom stereocenters. The van der Waals surface area contributed by atoms with Crippen LogP contribution in [0, 0.1) is 0 Å². The van der Waals surface area contributed by atoms with Gasteiger partial charge in [0, 0.05) is 11.1 Å². The molecule has 0 spiro atoms. The van der Waals surface area contributed by atoms with Crippen LogP contribution in [0.3, 0.4) is 0 Å². The van der Waals surface area contributed by atoms with Gasteiger partial charge in [-0.2, -0.15) is 0 Å². The van der Waals surface area contributed by atoms with Crippen molar-refractivity contribution >= 4 is 11.6 Å². The molecule has 0 aliphatic carbocycles. The Kier molecular flexibility index (Phi) is 3.96. The van der Waals surface area contributed by atoms with Crippen molar-refractivity contribution < 1.29 is 0 Å². The van der Waals surface area contributed by atoms with Crippen molar-refractivity contribution in [2.75, 3.05) is 0 Å². The van der Waals surface area contributed by atoms with E-state index in [1.165, 1.54) is 0 Å². The van der Waals surface area contributed by atoms with Crippen LogP contribution in [0.5, 0.6) is 0 Å². The van der Waals surface area contributed by atoms with E-state index in [1.54, 1.807) is 6.08 Å². The van der Waals surface area contributed by atoms with E-state index in [4.69, 9.17) is 17.4 Å². The molecule has 1 unspecified atom stereocenters. The van der Waals surface area contributed by atoms with Gasteiger partial charge in [0.15, 0.2) is 0 Å². The fourth-order valence-electron chi connectivity index (χ4n) is 1.13. The number of benzene rings is 1. The van der Waals surface area contributed by atoms with Gasteiger partial charge in [0.2, 0.25) is 0 Å². The van der Waals surface area contributed by atoms with Gasteiger partial charge in [-0.1, -0.05) is 29.8 Å². The summed E-state index contributed by atoms with van der Waals surface area (Å²) in [5, 5.41) is 0.748. The summed E-state index contributed by atoms with van der Waals surface area (Å²) >= 11 is 5.84. The van der Waals surface area contributed by atoms with Crippen molar-refractivity contribution in [2.24, 2.45) is 5.84 Å². The first-order valence-corrected chi connectivity index (χ1v) is 4.47. The number of hydrazine groups is 1. The molecule has 3 heteroatoms. The topological polar surface area (TPSA) is 38.0 Å². The molecule has 0 amide bonds. The fraction of sp³-hybridized carbons (Fsp3) is 0.200. The van der Waals surface area contributed by atoms with Gasteiger partial charge in [0.1, 0.15) is 0 Å². The zero-order valence-electron chi connectivity index (χ0n) is 7.33. The number of hydrogen-bond donors (Lipinski definition) is 2. The minimum Gasteiger partial charge on any atom is -0.271 e. The lowest BCUT2D eigenvalue weighted by molar-refractivity contribution is 0.618. The lowest BCUT2D eigenvalue weighted by Crippen LogP contribution is -2.34. The highest BCUT2D eigenvalue weighted by Crippen LogP contribution is 2.12. The van der Waals surface area contributed by atoms with Crippen molar-refractivity contribution in [2.45, 2.75) is 12.5 Å². The average Bonchev–Trinajstić information content (AvgIpc) is 2.14. The molecule has 0 aromatic heterocycles. The molecule has 0 radical (unpaired) electrons. The molecule has 1 rings (SSSR count). The monoisotopic (exact) mass is 196 g/mol. The first kappa shape index (κ1) is 10.3. The summed E-state index contributed by atoms with van der Waals surface area (Å²) in [6.45, 7) is 3.67. The molecule has 0 saturated heterocycles. The Morgan fingerprint density at radius 1 is 1.62 bits per heavy atom. The van der Waals surface area contributed by atoms with Crippen molar-refractivity contribution in [3.05, 3.63) is 47.5 Å². The van der Waals surface area contributed by atoms with Crippen molar-refractivity contribution in [1.29, 1.82) is 0 Å². The van der Waals surface area contributed by atoms with Crippen molar-refractivity contribution in [3.8, 4) is 0 Å². The Balaban J connectivity index is 2.67. The summed E-state index contributed by atoms with van der Waals surface area (Å²) < 4.78 is 0. The number of nitrogens with one attached hydrogen (secondary N) is 1. The highest BCUT2D eigenvalue weighted by atomic mass is 35.5. The van der Waals surface area contributed by atoms with E-state index in [9.17, 15) is 0 Å². The SMILES string of the molecule is C=CC(Cc1cccc(Cl)c1)NN. The summed E-state index contributed by atoms with van der Waals surface area (Å²) in [5.41, 5.74) is 3.81. The van der Waals surface area contributed by atoms with E-state index >= 15 is 0 Å². The first-order valence-electron chi connectivity index (χ1n) is 4.09. The van der Waals surface area contributed by atoms with Crippen LogP contribution in [0.1, 0.15) is 5.56 Å². The van der Waals surface area contributed by atoms with E-state index in [1.807, 2.05) is 24.3 Å². The molecule has 0 heterocycles. The number of hydrogen-bond acceptors (Lipinski definition) is 2. The maximum atomic E-state index is 5.84. The molecule has 0 aliphatic heterocycles. The maximum absolute atomic E-state index is 5.84. The second kappa shape index (κ2) is 5.02. The summed E-state index contributed by atoms with van der Waals surface area (Å²) in [6, 6.07) is 7.81. The standard InChI is InChI=1S/C10H13ClN2/c1-2-10(13-12)7-8-4-3-5-9(11)6-8/h2-6,10,13H,1,7,12H2. The third kappa shape index (κ3) is 3.19. The molecule has 3 N–H and O–H groups in total. The number of nitrogens with two attached hydrogens (primary N) is 1. The molecule has 0 aliphatic rings. The molecular formula is C10H13ClN2. The zero-order chi connectivity index (χ0) is 9.68. The third-order valence-corrected chi connectivity index (χ3v) is 2.08. The lowest BCUT2D eigenvalue weighted by atomic mass is 10.1. The predicted molar refractivity (Wildman–Crippen MR) is 56.5 cm³/mol. The normalized spacial score (nSPS) is 12.5. The van der Waals surface area contributed by atoms with Gasteiger partial charge in [-0.15, -0.1) is 6.58 Å². The van der Waals surface area contributed by atoms with E-state index in [0.29, 0.717) is 0 Å². The Morgan fingerprint density at radius 2 is 2.38 bits per heavy atom. The molecule has 1 aromatic rings. The van der Waals surface area contributed by atoms with Crippen molar-refractivity contribution in [1.82, 2.24) is 5.43 Å². The summed E-state index contributed by atoms with van der Waals surface area (Å²) in [7, 11) is 0. The summed E-state index contributed by atoms with van der Waals surface area (Å²) in [4.78, 5) is 0. The van der Waals surface area contributed by atoms with Crippen LogP contribution in [-0.4, -0.2) is 6.04 Å². The second-order valence-corrected chi connectivity index (χ2v) is 3.28. The molecule has 2 nitrogen and oxygen atoms in total. The smallest absolute Gasteiger partial charge is 0.0428 e. The number of halogens is 1. The van der Waals surface area contributed by atoms with E-state index < -0.39 is 0 Å². The van der Waals surface area contributed by atoms with Crippen LogP contribution >= 0.6 is 11.6 Å². The highest BCUT2D eigenvalue weighted by molar-refractivity contribution is 6.30. The van der Waals surface area contributed by atoms with Gasteiger partial charge in [-0.25, -0.2) is 0 Å². The molecular weight excluding hydrogens is 184 g/mol. The first-order chi connectivity index (χ1) is 6.26. The lowest BCUT2D eigenvalue weighted by Gasteiger charge is -2.10. The van der Waals surface area contributed by atoms with Crippen LogP contribution in [-0.2, 0) is 6.42 Å².